The molecule has 0 N–H and O–H groups in total. The maximum absolute atomic E-state index is 10.9. The average Bonchev–Trinajstić information content (AvgIpc) is 2.63. The van der Waals surface area contributed by atoms with Crippen molar-refractivity contribution in [1.82, 2.24) is 0 Å². The number of nitrogens with zero attached hydrogens (tertiary/aromatic N) is 1. The number of hydrogen-bond donors (Lipinski definition) is 0. The van der Waals surface area contributed by atoms with Gasteiger partial charge in [0.05, 0.1) is 11.3 Å². The van der Waals surface area contributed by atoms with Crippen molar-refractivity contribution in [2.45, 2.75) is 58.3 Å². The van der Waals surface area contributed by atoms with Crippen LogP contribution >= 0.6 is 0 Å². The fraction of sp³-hybridized carbons (Fsp3) is 0.409. The summed E-state index contributed by atoms with van der Waals surface area (Å²) in [7, 11) is 0. The second-order valence-corrected chi connectivity index (χ2v) is 5.61. The Labute approximate surface area is 157 Å². The smallest absolute Gasteiger partial charge is 0.246 e. The van der Waals surface area contributed by atoms with Gasteiger partial charge in [-0.15, -0.1) is 0 Å². The fourth-order valence-corrected chi connectivity index (χ4v) is 2.01. The van der Waals surface area contributed by atoms with E-state index in [-0.39, 0.29) is 10.6 Å². The van der Waals surface area contributed by atoms with E-state index < -0.39 is 0 Å². The van der Waals surface area contributed by atoms with E-state index >= 15 is 0 Å². The van der Waals surface area contributed by atoms with Gasteiger partial charge in [0.1, 0.15) is 6.29 Å². The molecule has 4 heteroatoms. The minimum absolute atomic E-state index is 0.147. The van der Waals surface area contributed by atoms with Crippen LogP contribution < -0.4 is 0 Å². The molecule has 0 amide bonds. The summed E-state index contributed by atoms with van der Waals surface area (Å²) in [4.78, 5) is 20.7. The van der Waals surface area contributed by atoms with E-state index in [2.05, 4.69) is 49.5 Å². The zero-order chi connectivity index (χ0) is 19.3. The first kappa shape index (κ1) is 23.5. The summed E-state index contributed by atoms with van der Waals surface area (Å²) < 4.78 is 0. The van der Waals surface area contributed by atoms with Gasteiger partial charge < -0.3 is 4.79 Å². The molecule has 0 aromatic carbocycles. The Morgan fingerprint density at radius 1 is 0.769 bits per heavy atom. The van der Waals surface area contributed by atoms with Crippen LogP contribution in [-0.2, 0) is 4.79 Å². The van der Waals surface area contributed by atoms with Crippen molar-refractivity contribution >= 4 is 6.29 Å². The van der Waals surface area contributed by atoms with Crippen LogP contribution in [0.25, 0.3) is 0 Å². The predicted octanol–water partition coefficient (Wildman–Crippen LogP) is 6.27. The topological polar surface area (TPSA) is 60.2 Å². The van der Waals surface area contributed by atoms with Crippen LogP contribution in [0.4, 0.5) is 0 Å². The summed E-state index contributed by atoms with van der Waals surface area (Å²) in [5.74, 6) is 0. The van der Waals surface area contributed by atoms with Gasteiger partial charge in [-0.1, -0.05) is 67.7 Å². The summed E-state index contributed by atoms with van der Waals surface area (Å²) in [6.07, 6.45) is 28.8. The third kappa shape index (κ3) is 16.4. The minimum Gasteiger partial charge on any atom is -0.303 e. The Kier molecular flexibility index (Phi) is 17.0. The molecular formula is C22H31NO3. The van der Waals surface area contributed by atoms with Crippen LogP contribution in [0.2, 0.25) is 0 Å². The molecule has 142 valence electrons. The second-order valence-electron chi connectivity index (χ2n) is 5.61. The molecule has 0 aliphatic rings. The molecule has 0 unspecified atom stereocenters. The summed E-state index contributed by atoms with van der Waals surface area (Å²) in [5, 5.41) is 10.9. The van der Waals surface area contributed by atoms with Gasteiger partial charge in [0.25, 0.3) is 0 Å². The lowest BCUT2D eigenvalue weighted by Gasteiger charge is -1.93. The molecule has 0 aliphatic carbocycles. The van der Waals surface area contributed by atoms with Crippen molar-refractivity contribution in [3.05, 3.63) is 82.6 Å². The Bertz CT molecular complexity index is 552. The maximum Gasteiger partial charge on any atom is 0.246 e. The van der Waals surface area contributed by atoms with Gasteiger partial charge >= 0.3 is 0 Å². The molecule has 0 aliphatic heterocycles. The molecule has 26 heavy (non-hydrogen) atoms. The monoisotopic (exact) mass is 357 g/mol. The van der Waals surface area contributed by atoms with Gasteiger partial charge in [-0.05, 0) is 44.6 Å². The van der Waals surface area contributed by atoms with Gasteiger partial charge in [0.2, 0.25) is 5.70 Å². The van der Waals surface area contributed by atoms with E-state index in [0.717, 1.165) is 38.4 Å². The number of allylic oxidation sites excluding steroid dienone is 11. The van der Waals surface area contributed by atoms with E-state index in [0.29, 0.717) is 19.3 Å². The summed E-state index contributed by atoms with van der Waals surface area (Å²) in [5.41, 5.74) is 0.147. The van der Waals surface area contributed by atoms with Gasteiger partial charge in [-0.2, -0.15) is 0 Å². The van der Waals surface area contributed by atoms with Gasteiger partial charge in [-0.25, -0.2) is 0 Å². The molecule has 0 aromatic rings. The first-order valence-electron chi connectivity index (χ1n) is 9.24. The lowest BCUT2D eigenvalue weighted by molar-refractivity contribution is -0.427. The van der Waals surface area contributed by atoms with Crippen molar-refractivity contribution in [3.63, 3.8) is 0 Å². The standard InChI is InChI=1S/C22H31NO3/c1-2-3-4-5-6-7-8-9-10-11-12-13-14-15-16-19-22(23(25)26)20-17-18-21-24/h3-4,6-7,9-10,12-13,15-16,20-21H,2,5,8,11,14,17-19H2,1H3/b4-3+,7-6+,10-9+,13-12+,16-15+,22-20-. The van der Waals surface area contributed by atoms with Gasteiger partial charge in [0, 0.05) is 6.42 Å². The van der Waals surface area contributed by atoms with Crippen molar-refractivity contribution in [1.29, 1.82) is 0 Å². The fourth-order valence-electron chi connectivity index (χ4n) is 2.01. The first-order chi connectivity index (χ1) is 12.7. The average molecular weight is 357 g/mol. The molecule has 0 saturated heterocycles. The van der Waals surface area contributed by atoms with Crippen LogP contribution in [0.3, 0.4) is 0 Å². The van der Waals surface area contributed by atoms with Crippen molar-refractivity contribution in [3.8, 4) is 0 Å². The molecule has 0 fully saturated rings. The first-order valence-corrected chi connectivity index (χ1v) is 9.24. The molecule has 0 bridgehead atoms. The zero-order valence-electron chi connectivity index (χ0n) is 15.8. The highest BCUT2D eigenvalue weighted by molar-refractivity contribution is 5.49. The van der Waals surface area contributed by atoms with Gasteiger partial charge in [-0.3, -0.25) is 10.1 Å². The number of hydrogen-bond acceptors (Lipinski definition) is 3. The normalized spacial score (nSPS) is 13.2. The SMILES string of the molecule is CC/C=C/C/C=C/C/C=C/C/C=C/C/C=C/C/C(=C/CCC=O)[N+](=O)[O-]. The van der Waals surface area contributed by atoms with Gasteiger partial charge in [0.15, 0.2) is 0 Å². The molecule has 0 spiro atoms. The Morgan fingerprint density at radius 3 is 1.65 bits per heavy atom. The van der Waals surface area contributed by atoms with Crippen molar-refractivity contribution < 1.29 is 9.72 Å². The zero-order valence-corrected chi connectivity index (χ0v) is 15.8. The lowest BCUT2D eigenvalue weighted by atomic mass is 10.2. The number of carbonyl (C=O) groups excluding carboxylic acids is 1. The van der Waals surface area contributed by atoms with Crippen LogP contribution in [0, 0.1) is 10.1 Å². The highest BCUT2D eigenvalue weighted by Gasteiger charge is 2.06. The molecule has 0 rings (SSSR count). The summed E-state index contributed by atoms with van der Waals surface area (Å²) in [6.45, 7) is 2.13. The largest absolute Gasteiger partial charge is 0.303 e. The van der Waals surface area contributed by atoms with E-state index in [1.165, 1.54) is 6.08 Å². The predicted molar refractivity (Wildman–Crippen MR) is 109 cm³/mol. The number of carbonyl (C=O) groups is 1. The highest BCUT2D eigenvalue weighted by atomic mass is 16.6. The number of aldehydes is 1. The molecule has 0 saturated carbocycles. The maximum atomic E-state index is 10.9. The van der Waals surface area contributed by atoms with Crippen molar-refractivity contribution in [2.75, 3.05) is 0 Å². The molecule has 0 aromatic heterocycles. The van der Waals surface area contributed by atoms with E-state index in [1.54, 1.807) is 6.08 Å². The molecule has 0 heterocycles. The third-order valence-corrected chi connectivity index (χ3v) is 3.38. The van der Waals surface area contributed by atoms with E-state index in [4.69, 9.17) is 0 Å². The molecule has 0 atom stereocenters. The Balaban J connectivity index is 3.87. The number of rotatable bonds is 15. The molecule has 0 radical (unpaired) electrons. The summed E-state index contributed by atoms with van der Waals surface area (Å²) in [6, 6.07) is 0. The second kappa shape index (κ2) is 18.8. The lowest BCUT2D eigenvalue weighted by Crippen LogP contribution is -1.97. The van der Waals surface area contributed by atoms with Crippen LogP contribution in [0.5, 0.6) is 0 Å². The molecule has 4 nitrogen and oxygen atoms in total. The minimum atomic E-state index is -0.385. The van der Waals surface area contributed by atoms with Crippen molar-refractivity contribution in [2.24, 2.45) is 0 Å². The Morgan fingerprint density at radius 2 is 1.23 bits per heavy atom. The highest BCUT2D eigenvalue weighted by Crippen LogP contribution is 2.06. The number of unbranched alkanes of at least 4 members (excludes halogenated alkanes) is 1. The summed E-state index contributed by atoms with van der Waals surface area (Å²) >= 11 is 0. The quantitative estimate of drug-likeness (QED) is 0.114. The number of nitro groups is 1. The van der Waals surface area contributed by atoms with E-state index in [1.807, 2.05) is 12.2 Å². The van der Waals surface area contributed by atoms with Crippen LogP contribution in [0.15, 0.2) is 72.5 Å². The van der Waals surface area contributed by atoms with Crippen LogP contribution in [0.1, 0.15) is 58.3 Å². The third-order valence-electron chi connectivity index (χ3n) is 3.38. The van der Waals surface area contributed by atoms with E-state index in [9.17, 15) is 14.9 Å². The molecular weight excluding hydrogens is 326 g/mol. The Hall–Kier alpha value is -2.49. The van der Waals surface area contributed by atoms with Crippen LogP contribution in [-0.4, -0.2) is 11.2 Å².